The number of aromatic nitrogens is 4. The summed E-state index contributed by atoms with van der Waals surface area (Å²) < 4.78 is 0.844. The Balaban J connectivity index is 1.63. The summed E-state index contributed by atoms with van der Waals surface area (Å²) in [5.41, 5.74) is 2.07. The highest BCUT2D eigenvalue weighted by atomic mass is 32.1. The number of anilines is 1. The van der Waals surface area contributed by atoms with Gasteiger partial charge in [0.25, 0.3) is 5.91 Å². The third-order valence-electron chi connectivity index (χ3n) is 3.94. The molecular weight excluding hydrogens is 324 g/mol. The van der Waals surface area contributed by atoms with Crippen LogP contribution in [0.5, 0.6) is 0 Å². The molecule has 0 radical (unpaired) electrons. The zero-order chi connectivity index (χ0) is 16.4. The van der Waals surface area contributed by atoms with Gasteiger partial charge in [-0.15, -0.1) is 11.3 Å². The minimum Gasteiger partial charge on any atom is -0.348 e. The number of carbonyl (C=O) groups is 1. The molecule has 0 unspecified atom stereocenters. The SMILES string of the molecule is O=C(c1nc(NCc2cnccn2)nc2ccsc12)N1CCCC1. The molecule has 0 aromatic carbocycles. The van der Waals surface area contributed by atoms with Gasteiger partial charge in [0, 0.05) is 25.5 Å². The number of fused-ring (bicyclic) bond motifs is 1. The summed E-state index contributed by atoms with van der Waals surface area (Å²) in [6.07, 6.45) is 7.07. The van der Waals surface area contributed by atoms with E-state index in [0.717, 1.165) is 41.8 Å². The lowest BCUT2D eigenvalue weighted by atomic mass is 10.3. The largest absolute Gasteiger partial charge is 0.348 e. The standard InChI is InChI=1S/C16H16N6OS/c23-15(22-6-1-2-7-22)13-14-12(3-8-24-14)20-16(21-13)19-10-11-9-17-4-5-18-11/h3-5,8-9H,1-2,6-7,10H2,(H,19,20,21). The number of amides is 1. The molecule has 3 aromatic rings. The van der Waals surface area contributed by atoms with Crippen molar-refractivity contribution in [3.63, 3.8) is 0 Å². The Morgan fingerprint density at radius 3 is 2.92 bits per heavy atom. The number of hydrogen-bond donors (Lipinski definition) is 1. The van der Waals surface area contributed by atoms with Crippen molar-refractivity contribution in [2.24, 2.45) is 0 Å². The Hall–Kier alpha value is -2.61. The number of hydrogen-bond acceptors (Lipinski definition) is 7. The van der Waals surface area contributed by atoms with Crippen molar-refractivity contribution in [3.05, 3.63) is 41.4 Å². The van der Waals surface area contributed by atoms with Crippen LogP contribution >= 0.6 is 11.3 Å². The average molecular weight is 340 g/mol. The van der Waals surface area contributed by atoms with Crippen molar-refractivity contribution in [1.29, 1.82) is 0 Å². The van der Waals surface area contributed by atoms with E-state index in [1.54, 1.807) is 18.6 Å². The van der Waals surface area contributed by atoms with E-state index in [1.807, 2.05) is 16.3 Å². The Morgan fingerprint density at radius 2 is 2.12 bits per heavy atom. The molecule has 0 bridgehead atoms. The quantitative estimate of drug-likeness (QED) is 0.785. The van der Waals surface area contributed by atoms with E-state index in [4.69, 9.17) is 0 Å². The van der Waals surface area contributed by atoms with Crippen molar-refractivity contribution in [1.82, 2.24) is 24.8 Å². The number of nitrogens with one attached hydrogen (secondary N) is 1. The van der Waals surface area contributed by atoms with Gasteiger partial charge in [0.05, 0.1) is 28.7 Å². The monoisotopic (exact) mass is 340 g/mol. The van der Waals surface area contributed by atoms with Crippen LogP contribution in [0, 0.1) is 0 Å². The van der Waals surface area contributed by atoms with Crippen LogP contribution in [-0.4, -0.2) is 43.8 Å². The van der Waals surface area contributed by atoms with Crippen molar-refractivity contribution in [3.8, 4) is 0 Å². The molecule has 24 heavy (non-hydrogen) atoms. The van der Waals surface area contributed by atoms with Crippen LogP contribution in [0.3, 0.4) is 0 Å². The zero-order valence-corrected chi connectivity index (χ0v) is 13.8. The Morgan fingerprint density at radius 1 is 1.25 bits per heavy atom. The molecule has 1 saturated heterocycles. The van der Waals surface area contributed by atoms with E-state index in [9.17, 15) is 4.79 Å². The van der Waals surface area contributed by atoms with Crippen LogP contribution in [0.15, 0.2) is 30.0 Å². The molecule has 7 nitrogen and oxygen atoms in total. The number of carbonyl (C=O) groups excluding carboxylic acids is 1. The fraction of sp³-hybridized carbons (Fsp3) is 0.312. The predicted molar refractivity (Wildman–Crippen MR) is 91.9 cm³/mol. The second kappa shape index (κ2) is 6.48. The second-order valence-corrected chi connectivity index (χ2v) is 6.50. The molecular formula is C16H16N6OS. The first kappa shape index (κ1) is 14.9. The molecule has 4 heterocycles. The maximum atomic E-state index is 12.8. The highest BCUT2D eigenvalue weighted by Crippen LogP contribution is 2.25. The molecule has 0 spiro atoms. The molecule has 1 fully saturated rings. The van der Waals surface area contributed by atoms with E-state index >= 15 is 0 Å². The smallest absolute Gasteiger partial charge is 0.274 e. The van der Waals surface area contributed by atoms with Crippen molar-refractivity contribution < 1.29 is 4.79 Å². The van der Waals surface area contributed by atoms with Crippen LogP contribution < -0.4 is 5.32 Å². The normalized spacial score (nSPS) is 14.2. The van der Waals surface area contributed by atoms with Crippen LogP contribution in [0.1, 0.15) is 29.0 Å². The number of nitrogens with zero attached hydrogens (tertiary/aromatic N) is 5. The summed E-state index contributed by atoms with van der Waals surface area (Å²) in [7, 11) is 0. The Labute approximate surface area is 142 Å². The van der Waals surface area contributed by atoms with Crippen LogP contribution in [0.2, 0.25) is 0 Å². The summed E-state index contributed by atoms with van der Waals surface area (Å²) in [5.74, 6) is 0.430. The highest BCUT2D eigenvalue weighted by Gasteiger charge is 2.24. The molecule has 1 aliphatic heterocycles. The van der Waals surface area contributed by atoms with Gasteiger partial charge in [0.15, 0.2) is 5.69 Å². The number of rotatable bonds is 4. The molecule has 4 rings (SSSR count). The summed E-state index contributed by atoms with van der Waals surface area (Å²) in [4.78, 5) is 31.9. The van der Waals surface area contributed by atoms with Gasteiger partial charge in [-0.05, 0) is 24.3 Å². The molecule has 8 heteroatoms. The molecule has 0 saturated carbocycles. The van der Waals surface area contributed by atoms with E-state index < -0.39 is 0 Å². The topological polar surface area (TPSA) is 83.9 Å². The average Bonchev–Trinajstić information content (AvgIpc) is 3.31. The Bertz CT molecular complexity index is 859. The van der Waals surface area contributed by atoms with Gasteiger partial charge in [-0.2, -0.15) is 0 Å². The molecule has 1 N–H and O–H groups in total. The molecule has 0 aliphatic carbocycles. The molecule has 1 amide bonds. The van der Waals surface area contributed by atoms with Gasteiger partial charge in [0.1, 0.15) is 0 Å². The maximum Gasteiger partial charge on any atom is 0.274 e. The van der Waals surface area contributed by atoms with Gasteiger partial charge in [-0.25, -0.2) is 9.97 Å². The first-order chi connectivity index (χ1) is 11.8. The highest BCUT2D eigenvalue weighted by molar-refractivity contribution is 7.17. The minimum atomic E-state index is -0.00935. The van der Waals surface area contributed by atoms with Gasteiger partial charge in [-0.3, -0.25) is 14.8 Å². The van der Waals surface area contributed by atoms with Crippen molar-refractivity contribution in [2.45, 2.75) is 19.4 Å². The lowest BCUT2D eigenvalue weighted by Gasteiger charge is -2.15. The van der Waals surface area contributed by atoms with Gasteiger partial charge in [-0.1, -0.05) is 0 Å². The molecule has 1 aliphatic rings. The third kappa shape index (κ3) is 2.92. The van der Waals surface area contributed by atoms with E-state index in [-0.39, 0.29) is 5.91 Å². The van der Waals surface area contributed by atoms with Crippen LogP contribution in [-0.2, 0) is 6.54 Å². The van der Waals surface area contributed by atoms with E-state index in [0.29, 0.717) is 18.2 Å². The summed E-state index contributed by atoms with van der Waals surface area (Å²) >= 11 is 1.50. The van der Waals surface area contributed by atoms with Crippen molar-refractivity contribution >= 4 is 33.4 Å². The summed E-state index contributed by atoms with van der Waals surface area (Å²) in [6.45, 7) is 2.07. The van der Waals surface area contributed by atoms with Crippen LogP contribution in [0.25, 0.3) is 10.2 Å². The number of likely N-dealkylation sites (tertiary alicyclic amines) is 1. The van der Waals surface area contributed by atoms with Gasteiger partial charge in [0.2, 0.25) is 5.95 Å². The number of thiophene rings is 1. The van der Waals surface area contributed by atoms with E-state index in [2.05, 4.69) is 25.3 Å². The minimum absolute atomic E-state index is 0.00935. The fourth-order valence-electron chi connectivity index (χ4n) is 2.75. The lowest BCUT2D eigenvalue weighted by Crippen LogP contribution is -2.28. The fourth-order valence-corrected chi connectivity index (χ4v) is 3.56. The van der Waals surface area contributed by atoms with E-state index in [1.165, 1.54) is 11.3 Å². The summed E-state index contributed by atoms with van der Waals surface area (Å²) in [5, 5.41) is 5.07. The first-order valence-corrected chi connectivity index (χ1v) is 8.72. The maximum absolute atomic E-state index is 12.8. The molecule has 0 atom stereocenters. The molecule has 122 valence electrons. The third-order valence-corrected chi connectivity index (χ3v) is 4.85. The van der Waals surface area contributed by atoms with Crippen molar-refractivity contribution in [2.75, 3.05) is 18.4 Å². The Kier molecular flexibility index (Phi) is 4.04. The van der Waals surface area contributed by atoms with Crippen LogP contribution in [0.4, 0.5) is 5.95 Å². The molecule has 3 aromatic heterocycles. The zero-order valence-electron chi connectivity index (χ0n) is 13.0. The summed E-state index contributed by atoms with van der Waals surface area (Å²) in [6, 6.07) is 1.91. The predicted octanol–water partition coefficient (Wildman–Crippen LogP) is 2.33. The first-order valence-electron chi connectivity index (χ1n) is 7.84. The van der Waals surface area contributed by atoms with Gasteiger partial charge < -0.3 is 10.2 Å². The lowest BCUT2D eigenvalue weighted by molar-refractivity contribution is 0.0789. The van der Waals surface area contributed by atoms with Gasteiger partial charge >= 0.3 is 0 Å². The second-order valence-electron chi connectivity index (χ2n) is 5.58.